The lowest BCUT2D eigenvalue weighted by atomic mass is 10.2. The molecule has 2 aromatic carbocycles. The average molecular weight is 413 g/mol. The zero-order chi connectivity index (χ0) is 20.4. The summed E-state index contributed by atoms with van der Waals surface area (Å²) < 4.78 is 43.2. The van der Waals surface area contributed by atoms with Gasteiger partial charge in [0.25, 0.3) is 0 Å². The van der Waals surface area contributed by atoms with E-state index in [1.165, 1.54) is 28.6 Å². The molecule has 0 saturated carbocycles. The molecular formula is C21H20FN3O3S. The largest absolute Gasteiger partial charge is 0.324 e. The summed E-state index contributed by atoms with van der Waals surface area (Å²) in [6.45, 7) is 0.251. The van der Waals surface area contributed by atoms with Gasteiger partial charge in [-0.1, -0.05) is 18.2 Å². The van der Waals surface area contributed by atoms with Gasteiger partial charge < -0.3 is 9.88 Å². The number of aromatic nitrogens is 1. The van der Waals surface area contributed by atoms with E-state index >= 15 is 0 Å². The maximum absolute atomic E-state index is 14.3. The zero-order valence-electron chi connectivity index (χ0n) is 15.5. The molecule has 0 radical (unpaired) electrons. The summed E-state index contributed by atoms with van der Waals surface area (Å²) in [7, 11) is -3.80. The normalized spacial score (nSPS) is 17.3. The molecule has 6 nitrogen and oxygen atoms in total. The van der Waals surface area contributed by atoms with Crippen molar-refractivity contribution in [3.63, 3.8) is 0 Å². The molecule has 4 rings (SSSR count). The fraction of sp³-hybridized carbons (Fsp3) is 0.190. The van der Waals surface area contributed by atoms with E-state index < -0.39 is 27.8 Å². The second kappa shape index (κ2) is 7.81. The van der Waals surface area contributed by atoms with E-state index in [2.05, 4.69) is 5.32 Å². The quantitative estimate of drug-likeness (QED) is 0.697. The van der Waals surface area contributed by atoms with E-state index in [0.29, 0.717) is 18.5 Å². The van der Waals surface area contributed by atoms with Gasteiger partial charge in [-0.15, -0.1) is 0 Å². The summed E-state index contributed by atoms with van der Waals surface area (Å²) in [6, 6.07) is 15.2. The lowest BCUT2D eigenvalue weighted by molar-refractivity contribution is -0.119. The first-order chi connectivity index (χ1) is 14.0. The second-order valence-electron chi connectivity index (χ2n) is 6.83. The van der Waals surface area contributed by atoms with Crippen LogP contribution < -0.4 is 5.32 Å². The molecule has 3 aromatic rings. The average Bonchev–Trinajstić information content (AvgIpc) is 3.43. The molecule has 0 bridgehead atoms. The van der Waals surface area contributed by atoms with Gasteiger partial charge >= 0.3 is 0 Å². The highest BCUT2D eigenvalue weighted by atomic mass is 32.2. The third kappa shape index (κ3) is 3.81. The number of amides is 1. The number of halogens is 1. The Labute approximate surface area is 168 Å². The van der Waals surface area contributed by atoms with Crippen molar-refractivity contribution in [2.24, 2.45) is 0 Å². The van der Waals surface area contributed by atoms with Crippen molar-refractivity contribution >= 4 is 21.6 Å². The minimum atomic E-state index is -3.80. The van der Waals surface area contributed by atoms with E-state index in [0.717, 1.165) is 0 Å². The molecule has 1 aromatic heterocycles. The summed E-state index contributed by atoms with van der Waals surface area (Å²) in [5, 5.41) is 2.57. The molecular weight excluding hydrogens is 393 g/mol. The van der Waals surface area contributed by atoms with Crippen LogP contribution in [0.15, 0.2) is 78.0 Å². The molecule has 2 heterocycles. The first-order valence-electron chi connectivity index (χ1n) is 9.27. The van der Waals surface area contributed by atoms with Crippen LogP contribution in [0.4, 0.5) is 10.1 Å². The Morgan fingerprint density at radius 1 is 1.03 bits per heavy atom. The van der Waals surface area contributed by atoms with Crippen molar-refractivity contribution in [3.8, 4) is 5.69 Å². The van der Waals surface area contributed by atoms with Crippen molar-refractivity contribution in [2.75, 3.05) is 11.9 Å². The number of hydrogen-bond donors (Lipinski definition) is 1. The molecule has 1 fully saturated rings. The Kier molecular flexibility index (Phi) is 5.21. The Bertz CT molecular complexity index is 1120. The summed E-state index contributed by atoms with van der Waals surface area (Å²) in [5.74, 6) is -1.12. The van der Waals surface area contributed by atoms with Crippen molar-refractivity contribution in [3.05, 3.63) is 78.9 Å². The van der Waals surface area contributed by atoms with Crippen LogP contribution in [0, 0.1) is 5.82 Å². The molecule has 1 atom stereocenters. The Hall–Kier alpha value is -2.97. The van der Waals surface area contributed by atoms with Crippen LogP contribution in [0.25, 0.3) is 5.69 Å². The summed E-state index contributed by atoms with van der Waals surface area (Å²) in [4.78, 5) is 13.0. The number of hydrogen-bond acceptors (Lipinski definition) is 3. The van der Waals surface area contributed by atoms with Crippen LogP contribution in [-0.2, 0) is 14.8 Å². The molecule has 150 valence electrons. The Balaban J connectivity index is 1.58. The van der Waals surface area contributed by atoms with E-state index in [1.807, 2.05) is 24.5 Å². The van der Waals surface area contributed by atoms with Gasteiger partial charge in [-0.2, -0.15) is 4.31 Å². The van der Waals surface area contributed by atoms with Crippen LogP contribution in [0.3, 0.4) is 0 Å². The number of nitrogens with zero attached hydrogens (tertiary/aromatic N) is 2. The second-order valence-corrected chi connectivity index (χ2v) is 8.72. The van der Waals surface area contributed by atoms with Crippen molar-refractivity contribution in [2.45, 2.75) is 23.8 Å². The molecule has 0 aliphatic carbocycles. The van der Waals surface area contributed by atoms with E-state index in [4.69, 9.17) is 0 Å². The number of carbonyl (C=O) groups is 1. The fourth-order valence-corrected chi connectivity index (χ4v) is 5.19. The van der Waals surface area contributed by atoms with Crippen LogP contribution >= 0.6 is 0 Å². The fourth-order valence-electron chi connectivity index (χ4n) is 3.51. The van der Waals surface area contributed by atoms with Gasteiger partial charge in [0.2, 0.25) is 15.9 Å². The summed E-state index contributed by atoms with van der Waals surface area (Å²) in [5.41, 5.74) is 0.706. The highest BCUT2D eigenvalue weighted by Gasteiger charge is 2.39. The number of anilines is 1. The highest BCUT2D eigenvalue weighted by Crippen LogP contribution is 2.28. The molecule has 8 heteroatoms. The minimum Gasteiger partial charge on any atom is -0.324 e. The zero-order valence-corrected chi connectivity index (χ0v) is 16.3. The molecule has 1 unspecified atom stereocenters. The van der Waals surface area contributed by atoms with Crippen molar-refractivity contribution < 1.29 is 17.6 Å². The molecule has 1 aliphatic heterocycles. The molecule has 1 aliphatic rings. The highest BCUT2D eigenvalue weighted by molar-refractivity contribution is 7.89. The monoisotopic (exact) mass is 413 g/mol. The van der Waals surface area contributed by atoms with Gasteiger partial charge in [0.15, 0.2) is 0 Å². The maximum atomic E-state index is 14.3. The Morgan fingerprint density at radius 2 is 1.76 bits per heavy atom. The predicted octanol–water partition coefficient (Wildman–Crippen LogP) is 3.41. The third-order valence-electron chi connectivity index (χ3n) is 4.97. The number of sulfonamides is 1. The molecule has 1 saturated heterocycles. The van der Waals surface area contributed by atoms with Gasteiger partial charge in [0, 0.05) is 24.6 Å². The summed E-state index contributed by atoms with van der Waals surface area (Å²) >= 11 is 0. The van der Waals surface area contributed by atoms with Crippen LogP contribution in [-0.4, -0.2) is 35.8 Å². The standard InChI is InChI=1S/C21H20FN3O3S/c22-18-11-10-16(24-12-4-5-13-24)15-19(18)23-21(26)20-9-6-14-25(20)29(27,28)17-7-2-1-3-8-17/h1-5,7-8,10-13,15,20H,6,9,14H2,(H,23,26). The molecule has 1 N–H and O–H groups in total. The van der Waals surface area contributed by atoms with Crippen LogP contribution in [0.5, 0.6) is 0 Å². The molecule has 0 spiro atoms. The lowest BCUT2D eigenvalue weighted by Gasteiger charge is -2.23. The molecule has 1 amide bonds. The van der Waals surface area contributed by atoms with Crippen LogP contribution in [0.2, 0.25) is 0 Å². The number of nitrogens with one attached hydrogen (secondary N) is 1. The summed E-state index contributed by atoms with van der Waals surface area (Å²) in [6.07, 6.45) is 4.57. The van der Waals surface area contributed by atoms with E-state index in [9.17, 15) is 17.6 Å². The number of rotatable bonds is 5. The van der Waals surface area contributed by atoms with Gasteiger partial charge in [0.05, 0.1) is 10.6 Å². The first kappa shape index (κ1) is 19.4. The maximum Gasteiger partial charge on any atom is 0.243 e. The van der Waals surface area contributed by atoms with E-state index in [-0.39, 0.29) is 17.1 Å². The predicted molar refractivity (Wildman–Crippen MR) is 108 cm³/mol. The molecule has 29 heavy (non-hydrogen) atoms. The lowest BCUT2D eigenvalue weighted by Crippen LogP contribution is -2.43. The van der Waals surface area contributed by atoms with Gasteiger partial charge in [-0.05, 0) is 55.3 Å². The van der Waals surface area contributed by atoms with Crippen molar-refractivity contribution in [1.29, 1.82) is 0 Å². The van der Waals surface area contributed by atoms with Gasteiger partial charge in [-0.25, -0.2) is 12.8 Å². The first-order valence-corrected chi connectivity index (χ1v) is 10.7. The Morgan fingerprint density at radius 3 is 2.48 bits per heavy atom. The SMILES string of the molecule is O=C(Nc1cc(-n2cccc2)ccc1F)C1CCCN1S(=O)(=O)c1ccccc1. The number of carbonyl (C=O) groups excluding carboxylic acids is 1. The smallest absolute Gasteiger partial charge is 0.243 e. The van der Waals surface area contributed by atoms with Gasteiger partial charge in [-0.3, -0.25) is 4.79 Å². The topological polar surface area (TPSA) is 71.4 Å². The minimum absolute atomic E-state index is 0.0187. The number of benzene rings is 2. The van der Waals surface area contributed by atoms with E-state index in [1.54, 1.807) is 28.8 Å². The van der Waals surface area contributed by atoms with Crippen molar-refractivity contribution in [1.82, 2.24) is 8.87 Å². The van der Waals surface area contributed by atoms with Gasteiger partial charge in [0.1, 0.15) is 11.9 Å². The van der Waals surface area contributed by atoms with Crippen LogP contribution in [0.1, 0.15) is 12.8 Å². The third-order valence-corrected chi connectivity index (χ3v) is 6.89.